The lowest BCUT2D eigenvalue weighted by atomic mass is 10.2. The molecule has 0 aliphatic heterocycles. The van der Waals surface area contributed by atoms with E-state index in [1.165, 1.54) is 0 Å². The monoisotopic (exact) mass is 325 g/mol. The van der Waals surface area contributed by atoms with Gasteiger partial charge in [-0.25, -0.2) is 13.4 Å². The van der Waals surface area contributed by atoms with Crippen LogP contribution in [0.4, 0.5) is 0 Å². The topological polar surface area (TPSA) is 78.0 Å². The Hall–Kier alpha value is -1.63. The van der Waals surface area contributed by atoms with E-state index in [0.717, 1.165) is 24.2 Å². The van der Waals surface area contributed by atoms with Crippen LogP contribution in [0.25, 0.3) is 0 Å². The Labute approximate surface area is 131 Å². The van der Waals surface area contributed by atoms with Gasteiger partial charge in [0, 0.05) is 17.8 Å². The van der Waals surface area contributed by atoms with Crippen molar-refractivity contribution in [1.29, 1.82) is 0 Å². The summed E-state index contributed by atoms with van der Waals surface area (Å²) in [7, 11) is -3.54. The molecule has 6 nitrogen and oxygen atoms in total. The molecule has 0 aromatic carbocycles. The highest BCUT2D eigenvalue weighted by atomic mass is 32.2. The Kier molecular flexibility index (Phi) is 4.75. The number of hydrogen-bond acceptors (Lipinski definition) is 5. The summed E-state index contributed by atoms with van der Waals surface area (Å²) in [6.07, 6.45) is 1.92. The predicted molar refractivity (Wildman–Crippen MR) is 83.5 cm³/mol. The Morgan fingerprint density at radius 2 is 1.82 bits per heavy atom. The molecule has 0 amide bonds. The molecule has 0 saturated carbocycles. The molecule has 0 N–H and O–H groups in total. The molecule has 2 heterocycles. The van der Waals surface area contributed by atoms with Crippen LogP contribution in [0, 0.1) is 27.7 Å². The fraction of sp³-hybridized carbons (Fsp3) is 0.600. The summed E-state index contributed by atoms with van der Waals surface area (Å²) in [6.45, 7) is 9.97. The summed E-state index contributed by atoms with van der Waals surface area (Å²) >= 11 is 0. The second kappa shape index (κ2) is 6.24. The molecule has 7 heteroatoms. The zero-order valence-electron chi connectivity index (χ0n) is 13.8. The minimum Gasteiger partial charge on any atom is -0.361 e. The molecule has 0 aliphatic carbocycles. The number of rotatable bonds is 6. The molecule has 0 bridgehead atoms. The fourth-order valence-electron chi connectivity index (χ4n) is 2.40. The van der Waals surface area contributed by atoms with Crippen LogP contribution in [-0.2, 0) is 22.1 Å². The van der Waals surface area contributed by atoms with Crippen molar-refractivity contribution >= 4 is 9.84 Å². The summed E-state index contributed by atoms with van der Waals surface area (Å²) in [5, 5.41) is 3.97. The average Bonchev–Trinajstić information content (AvgIpc) is 2.92. The number of aryl methyl sites for hydroxylation is 3. The smallest absolute Gasteiger partial charge is 0.228 e. The van der Waals surface area contributed by atoms with Gasteiger partial charge in [-0.3, -0.25) is 0 Å². The first-order valence-corrected chi connectivity index (χ1v) is 9.11. The van der Waals surface area contributed by atoms with Crippen LogP contribution in [0.1, 0.15) is 48.2 Å². The van der Waals surface area contributed by atoms with Gasteiger partial charge in [0.25, 0.3) is 0 Å². The van der Waals surface area contributed by atoms with Crippen molar-refractivity contribution < 1.29 is 12.9 Å². The molecular formula is C15H23N3O3S. The van der Waals surface area contributed by atoms with Crippen molar-refractivity contribution in [3.05, 3.63) is 28.4 Å². The van der Waals surface area contributed by atoms with E-state index >= 15 is 0 Å². The van der Waals surface area contributed by atoms with Crippen LogP contribution in [0.3, 0.4) is 0 Å². The third-order valence-electron chi connectivity index (χ3n) is 3.95. The molecular weight excluding hydrogens is 302 g/mol. The SMILES string of the molecule is CCCCn1c(S(=O)(=O)Cc2c(C)noc2C)nc(C)c1C. The van der Waals surface area contributed by atoms with Crippen LogP contribution >= 0.6 is 0 Å². The maximum atomic E-state index is 12.8. The lowest BCUT2D eigenvalue weighted by Crippen LogP contribution is -2.14. The van der Waals surface area contributed by atoms with E-state index < -0.39 is 9.84 Å². The minimum atomic E-state index is -3.54. The standard InChI is InChI=1S/C15H23N3O3S/c1-6-7-8-18-12(4)10(2)16-15(18)22(19,20)9-14-11(3)17-21-13(14)5/h6-9H2,1-5H3. The predicted octanol–water partition coefficient (Wildman–Crippen LogP) is 2.88. The van der Waals surface area contributed by atoms with Gasteiger partial charge in [0.05, 0.1) is 17.1 Å². The summed E-state index contributed by atoms with van der Waals surface area (Å²) in [4.78, 5) is 4.30. The van der Waals surface area contributed by atoms with E-state index in [1.807, 2.05) is 18.4 Å². The number of unbranched alkanes of at least 4 members (excludes halogenated alkanes) is 1. The van der Waals surface area contributed by atoms with E-state index in [9.17, 15) is 8.42 Å². The highest BCUT2D eigenvalue weighted by Gasteiger charge is 2.27. The molecule has 122 valence electrons. The number of nitrogens with zero attached hydrogens (tertiary/aromatic N) is 3. The third-order valence-corrected chi connectivity index (χ3v) is 5.49. The highest BCUT2D eigenvalue weighted by Crippen LogP contribution is 2.23. The number of hydrogen-bond donors (Lipinski definition) is 0. The molecule has 0 unspecified atom stereocenters. The Balaban J connectivity index is 2.43. The molecule has 2 aromatic rings. The lowest BCUT2D eigenvalue weighted by Gasteiger charge is -2.10. The lowest BCUT2D eigenvalue weighted by molar-refractivity contribution is 0.392. The van der Waals surface area contributed by atoms with Gasteiger partial charge in [-0.05, 0) is 34.1 Å². The van der Waals surface area contributed by atoms with Gasteiger partial charge in [-0.15, -0.1) is 0 Å². The van der Waals surface area contributed by atoms with E-state index in [-0.39, 0.29) is 10.9 Å². The van der Waals surface area contributed by atoms with Crippen LogP contribution in [0.5, 0.6) is 0 Å². The largest absolute Gasteiger partial charge is 0.361 e. The summed E-state index contributed by atoms with van der Waals surface area (Å²) in [6, 6.07) is 0. The molecule has 0 aliphatic rings. The first-order chi connectivity index (χ1) is 10.3. The second-order valence-electron chi connectivity index (χ2n) is 5.63. The number of imidazole rings is 1. The number of sulfone groups is 1. The normalized spacial score (nSPS) is 12.0. The first-order valence-electron chi connectivity index (χ1n) is 7.46. The molecule has 2 aromatic heterocycles. The van der Waals surface area contributed by atoms with Gasteiger partial charge >= 0.3 is 0 Å². The van der Waals surface area contributed by atoms with Crippen molar-refractivity contribution in [2.75, 3.05) is 0 Å². The fourth-order valence-corrected chi connectivity index (χ4v) is 4.16. The molecule has 0 spiro atoms. The van der Waals surface area contributed by atoms with Gasteiger partial charge in [-0.1, -0.05) is 18.5 Å². The summed E-state index contributed by atoms with van der Waals surface area (Å²) < 4.78 is 32.5. The Morgan fingerprint density at radius 3 is 2.36 bits per heavy atom. The van der Waals surface area contributed by atoms with Gasteiger partial charge in [-0.2, -0.15) is 0 Å². The molecule has 0 fully saturated rings. The Morgan fingerprint density at radius 1 is 1.14 bits per heavy atom. The Bertz CT molecular complexity index is 753. The maximum Gasteiger partial charge on any atom is 0.228 e. The van der Waals surface area contributed by atoms with Crippen molar-refractivity contribution in [3.8, 4) is 0 Å². The van der Waals surface area contributed by atoms with Crippen LogP contribution in [-0.4, -0.2) is 23.1 Å². The molecule has 0 atom stereocenters. The van der Waals surface area contributed by atoms with Gasteiger partial charge < -0.3 is 9.09 Å². The van der Waals surface area contributed by atoms with Crippen LogP contribution < -0.4 is 0 Å². The molecule has 2 rings (SSSR count). The third kappa shape index (κ3) is 3.09. The zero-order chi connectivity index (χ0) is 16.5. The van der Waals surface area contributed by atoms with Gasteiger partial charge in [0.2, 0.25) is 15.0 Å². The zero-order valence-corrected chi connectivity index (χ0v) is 14.6. The minimum absolute atomic E-state index is 0.129. The maximum absolute atomic E-state index is 12.8. The van der Waals surface area contributed by atoms with E-state index in [1.54, 1.807) is 13.8 Å². The van der Waals surface area contributed by atoms with Crippen molar-refractivity contribution in [3.63, 3.8) is 0 Å². The van der Waals surface area contributed by atoms with Gasteiger partial charge in [0.1, 0.15) is 5.76 Å². The van der Waals surface area contributed by atoms with Gasteiger partial charge in [0.15, 0.2) is 0 Å². The van der Waals surface area contributed by atoms with E-state index in [4.69, 9.17) is 4.52 Å². The average molecular weight is 325 g/mol. The second-order valence-corrected chi connectivity index (χ2v) is 7.52. The van der Waals surface area contributed by atoms with Crippen molar-refractivity contribution in [2.24, 2.45) is 0 Å². The van der Waals surface area contributed by atoms with Crippen molar-refractivity contribution in [1.82, 2.24) is 14.7 Å². The number of aromatic nitrogens is 3. The quantitative estimate of drug-likeness (QED) is 0.816. The van der Waals surface area contributed by atoms with E-state index in [2.05, 4.69) is 17.1 Å². The van der Waals surface area contributed by atoms with Crippen LogP contribution in [0.2, 0.25) is 0 Å². The summed E-state index contributed by atoms with van der Waals surface area (Å²) in [5.41, 5.74) is 2.90. The molecule has 22 heavy (non-hydrogen) atoms. The van der Waals surface area contributed by atoms with Crippen LogP contribution in [0.15, 0.2) is 9.68 Å². The van der Waals surface area contributed by atoms with E-state index in [0.29, 0.717) is 23.6 Å². The molecule has 0 radical (unpaired) electrons. The summed E-state index contributed by atoms with van der Waals surface area (Å²) in [5.74, 6) is 0.414. The molecule has 0 saturated heterocycles. The highest BCUT2D eigenvalue weighted by molar-refractivity contribution is 7.90. The van der Waals surface area contributed by atoms with Crippen molar-refractivity contribution in [2.45, 2.75) is 64.9 Å². The first kappa shape index (κ1) is 16.7.